The number of thioether (sulfide) groups is 1. The van der Waals surface area contributed by atoms with E-state index in [1.165, 1.54) is 5.56 Å². The molecule has 0 amide bonds. The van der Waals surface area contributed by atoms with E-state index in [1.54, 1.807) is 121 Å². The summed E-state index contributed by atoms with van der Waals surface area (Å²) in [5.74, 6) is -2.29. The lowest BCUT2D eigenvalue weighted by Crippen LogP contribution is -2.60. The highest BCUT2D eigenvalue weighted by molar-refractivity contribution is 8.00. The second kappa shape index (κ2) is 19.7. The van der Waals surface area contributed by atoms with Crippen LogP contribution in [-0.2, 0) is 31.8 Å². The molecule has 6 aromatic carbocycles. The van der Waals surface area contributed by atoms with Crippen LogP contribution in [0.3, 0.4) is 0 Å². The van der Waals surface area contributed by atoms with Crippen molar-refractivity contribution in [1.82, 2.24) is 0 Å². The Bertz CT molecular complexity index is 2320. The molecular weight excluding hydrogens is 765 g/mol. The molecule has 1 saturated heterocycles. The second-order valence-electron chi connectivity index (χ2n) is 13.8. The van der Waals surface area contributed by atoms with Crippen molar-refractivity contribution in [3.63, 3.8) is 0 Å². The largest absolute Gasteiger partial charge is 0.475 e. The predicted octanol–water partition coefficient (Wildman–Crippen LogP) is 9.19. The summed E-state index contributed by atoms with van der Waals surface area (Å²) in [5, 5.41) is -0.880. The third-order valence-electron chi connectivity index (χ3n) is 9.78. The molecule has 298 valence electrons. The molecule has 6 aromatic rings. The summed E-state index contributed by atoms with van der Waals surface area (Å²) < 4.78 is 31.5. The quantitative estimate of drug-likeness (QED) is 0.0780. The lowest BCUT2D eigenvalue weighted by atomic mass is 10.0. The first-order chi connectivity index (χ1) is 28.9. The highest BCUT2D eigenvalue weighted by atomic mass is 32.2. The Morgan fingerprint density at radius 3 is 1.41 bits per heavy atom. The average molecular weight is 807 g/mol. The van der Waals surface area contributed by atoms with Crippen molar-refractivity contribution >= 4 is 35.6 Å². The number of benzene rings is 6. The van der Waals surface area contributed by atoms with Crippen LogP contribution in [0, 0.1) is 0 Å². The Kier molecular flexibility index (Phi) is 13.5. The first-order valence-corrected chi connectivity index (χ1v) is 20.3. The summed E-state index contributed by atoms with van der Waals surface area (Å²) in [6.45, 7) is 1.82. The van der Waals surface area contributed by atoms with Crippen LogP contribution in [0.5, 0.6) is 5.75 Å². The molecule has 7 rings (SSSR count). The van der Waals surface area contributed by atoms with E-state index in [9.17, 15) is 19.2 Å². The van der Waals surface area contributed by atoms with Crippen LogP contribution in [0.15, 0.2) is 170 Å². The number of rotatable bonds is 14. The van der Waals surface area contributed by atoms with Gasteiger partial charge < -0.3 is 23.7 Å². The van der Waals surface area contributed by atoms with Crippen LogP contribution in [0.1, 0.15) is 65.0 Å². The first-order valence-electron chi connectivity index (χ1n) is 19.3. The molecule has 59 heavy (non-hydrogen) atoms. The van der Waals surface area contributed by atoms with Crippen molar-refractivity contribution in [1.29, 1.82) is 0 Å². The minimum absolute atomic E-state index is 0.218. The number of hydrogen-bond acceptors (Lipinski definition) is 10. The third-order valence-corrected chi connectivity index (χ3v) is 11.2. The smallest absolute Gasteiger partial charge is 0.338 e. The van der Waals surface area contributed by atoms with Gasteiger partial charge in [-0.05, 0) is 77.7 Å². The molecule has 10 heteroatoms. The fourth-order valence-electron chi connectivity index (χ4n) is 6.62. The van der Waals surface area contributed by atoms with Gasteiger partial charge in [0.15, 0.2) is 23.7 Å². The zero-order valence-corrected chi connectivity index (χ0v) is 33.1. The maximum Gasteiger partial charge on any atom is 0.338 e. The number of para-hydroxylation sites is 1. The van der Waals surface area contributed by atoms with Crippen molar-refractivity contribution in [2.75, 3.05) is 6.61 Å². The number of aryl methyl sites for hydroxylation is 1. The van der Waals surface area contributed by atoms with E-state index in [0.29, 0.717) is 17.7 Å². The van der Waals surface area contributed by atoms with Gasteiger partial charge in [0.1, 0.15) is 12.4 Å². The summed E-state index contributed by atoms with van der Waals surface area (Å²) in [5.41, 5.74) is 3.10. The van der Waals surface area contributed by atoms with Gasteiger partial charge in [0.05, 0.1) is 27.5 Å². The Balaban J connectivity index is 1.30. The molecule has 0 unspecified atom stereocenters. The molecule has 0 N–H and O–H groups in total. The van der Waals surface area contributed by atoms with Gasteiger partial charge in [0, 0.05) is 6.42 Å². The Labute approximate surface area is 347 Å². The molecule has 0 bridgehead atoms. The number of hydrogen-bond donors (Lipinski definition) is 0. The number of ether oxygens (including phenoxy) is 5. The van der Waals surface area contributed by atoms with Crippen LogP contribution < -0.4 is 4.74 Å². The van der Waals surface area contributed by atoms with Gasteiger partial charge in [-0.3, -0.25) is 0 Å². The maximum absolute atomic E-state index is 14.0. The number of carbonyl (C=O) groups excluding carboxylic acids is 4. The highest BCUT2D eigenvalue weighted by Crippen LogP contribution is 2.41. The molecule has 1 aliphatic rings. The SMILES string of the molecule is CCc1ccc(Cc2ccccc2O[C@H]2S[C@@H](COC(=O)c3ccccc3)[C@@H](OC(=O)c3ccccc3)[C@H](OC(=O)c3ccccc3)[C@H]2OC(=O)c2ccccc2)cc1. The maximum atomic E-state index is 14.0. The summed E-state index contributed by atoms with van der Waals surface area (Å²) in [7, 11) is 0. The fraction of sp³-hybridized carbons (Fsp3) is 0.184. The van der Waals surface area contributed by atoms with Gasteiger partial charge in [0.25, 0.3) is 0 Å². The average Bonchev–Trinajstić information content (AvgIpc) is 3.29. The Morgan fingerprint density at radius 2 is 0.898 bits per heavy atom. The van der Waals surface area contributed by atoms with Crippen molar-refractivity contribution in [3.05, 3.63) is 209 Å². The molecule has 0 saturated carbocycles. The molecule has 0 spiro atoms. The van der Waals surface area contributed by atoms with E-state index in [-0.39, 0.29) is 23.3 Å². The molecule has 9 nitrogen and oxygen atoms in total. The van der Waals surface area contributed by atoms with Gasteiger partial charge in [-0.25, -0.2) is 19.2 Å². The first kappa shape index (κ1) is 40.5. The van der Waals surface area contributed by atoms with Crippen LogP contribution in [0.2, 0.25) is 0 Å². The van der Waals surface area contributed by atoms with Crippen LogP contribution in [-0.4, -0.2) is 59.5 Å². The number of esters is 4. The van der Waals surface area contributed by atoms with E-state index >= 15 is 0 Å². The van der Waals surface area contributed by atoms with Crippen molar-refractivity contribution < 1.29 is 42.9 Å². The molecule has 0 aromatic heterocycles. The summed E-state index contributed by atoms with van der Waals surface area (Å²) in [4.78, 5) is 55.2. The Hall–Kier alpha value is -6.65. The molecular formula is C49H42O9S. The molecule has 1 aliphatic heterocycles. The van der Waals surface area contributed by atoms with Gasteiger partial charge >= 0.3 is 23.9 Å². The van der Waals surface area contributed by atoms with Crippen LogP contribution in [0.4, 0.5) is 0 Å². The molecule has 5 atom stereocenters. The van der Waals surface area contributed by atoms with Gasteiger partial charge in [-0.2, -0.15) is 0 Å². The van der Waals surface area contributed by atoms with Gasteiger partial charge in [-0.15, -0.1) is 11.8 Å². The Morgan fingerprint density at radius 1 is 0.475 bits per heavy atom. The number of carbonyl (C=O) groups is 4. The van der Waals surface area contributed by atoms with E-state index in [1.807, 2.05) is 24.3 Å². The predicted molar refractivity (Wildman–Crippen MR) is 225 cm³/mol. The standard InChI is InChI=1S/C49H42O9S/c1-2-33-27-29-34(30-28-33)31-39-25-15-16-26-40(39)55-49-44(58-48(53)38-23-13-6-14-24-38)43(57-47(52)37-21-11-5-12-22-37)42(56-46(51)36-19-9-4-10-20-36)41(59-49)32-54-45(50)35-17-7-3-8-18-35/h3-30,41-44,49H,2,31-32H2,1H3/t41-,42+,43-,44+,49-/m0/s1. The molecule has 0 radical (unpaired) electrons. The summed E-state index contributed by atoms with van der Waals surface area (Å²) in [6, 6.07) is 49.5. The summed E-state index contributed by atoms with van der Waals surface area (Å²) >= 11 is 1.16. The van der Waals surface area contributed by atoms with E-state index in [2.05, 4.69) is 31.2 Å². The lowest BCUT2D eigenvalue weighted by molar-refractivity contribution is -0.111. The van der Waals surface area contributed by atoms with Crippen LogP contribution >= 0.6 is 11.8 Å². The summed E-state index contributed by atoms with van der Waals surface area (Å²) in [6.07, 6.45) is -2.63. The van der Waals surface area contributed by atoms with Gasteiger partial charge in [-0.1, -0.05) is 122 Å². The van der Waals surface area contributed by atoms with Crippen molar-refractivity contribution in [2.24, 2.45) is 0 Å². The zero-order chi connectivity index (χ0) is 41.0. The van der Waals surface area contributed by atoms with Crippen molar-refractivity contribution in [2.45, 2.75) is 48.8 Å². The third kappa shape index (κ3) is 10.5. The molecule has 1 fully saturated rings. The fourth-order valence-corrected chi connectivity index (χ4v) is 8.01. The molecule has 1 heterocycles. The topological polar surface area (TPSA) is 114 Å². The van der Waals surface area contributed by atoms with Gasteiger partial charge in [0.2, 0.25) is 0 Å². The lowest BCUT2D eigenvalue weighted by Gasteiger charge is -2.44. The molecule has 0 aliphatic carbocycles. The minimum atomic E-state index is -1.44. The zero-order valence-electron chi connectivity index (χ0n) is 32.3. The second-order valence-corrected chi connectivity index (χ2v) is 15.1. The van der Waals surface area contributed by atoms with E-state index in [0.717, 1.165) is 29.3 Å². The minimum Gasteiger partial charge on any atom is -0.475 e. The highest BCUT2D eigenvalue weighted by Gasteiger charge is 2.54. The normalized spacial score (nSPS) is 18.5. The monoisotopic (exact) mass is 806 g/mol. The van der Waals surface area contributed by atoms with Crippen molar-refractivity contribution in [3.8, 4) is 5.75 Å². The van der Waals surface area contributed by atoms with Crippen LogP contribution in [0.25, 0.3) is 0 Å². The van der Waals surface area contributed by atoms with E-state index < -0.39 is 52.9 Å². The van der Waals surface area contributed by atoms with E-state index in [4.69, 9.17) is 23.7 Å².